The molecule has 10 rings (SSSR count). The Labute approximate surface area is 300 Å². The van der Waals surface area contributed by atoms with E-state index >= 15 is 0 Å². The molecule has 0 fully saturated rings. The van der Waals surface area contributed by atoms with Crippen LogP contribution in [0, 0.1) is 0 Å². The molecule has 0 unspecified atom stereocenters. The van der Waals surface area contributed by atoms with Gasteiger partial charge >= 0.3 is 0 Å². The van der Waals surface area contributed by atoms with Gasteiger partial charge in [-0.3, -0.25) is 4.98 Å². The van der Waals surface area contributed by atoms with Gasteiger partial charge in [-0.1, -0.05) is 152 Å². The average molecular weight is 663 g/mol. The Kier molecular flexibility index (Phi) is 7.10. The predicted octanol–water partition coefficient (Wildman–Crippen LogP) is 12.2. The van der Waals surface area contributed by atoms with Gasteiger partial charge in [-0.05, 0) is 78.2 Å². The fraction of sp³-hybridized carbons (Fsp3) is 0. The lowest BCUT2D eigenvalue weighted by molar-refractivity contribution is 1.07. The van der Waals surface area contributed by atoms with Crippen LogP contribution in [-0.4, -0.2) is 19.9 Å². The molecule has 0 bridgehead atoms. The van der Waals surface area contributed by atoms with Crippen molar-refractivity contribution in [2.45, 2.75) is 0 Å². The third-order valence-electron chi connectivity index (χ3n) is 10.0. The van der Waals surface area contributed by atoms with Crippen molar-refractivity contribution in [3.05, 3.63) is 182 Å². The first-order valence-corrected chi connectivity index (χ1v) is 17.5. The summed E-state index contributed by atoms with van der Waals surface area (Å²) in [6, 6.07) is 59.5. The molecule has 8 aromatic carbocycles. The number of hydrogen-bond acceptors (Lipinski definition) is 4. The van der Waals surface area contributed by atoms with Gasteiger partial charge in [0, 0.05) is 34.5 Å². The molecule has 0 aliphatic rings. The molecular formula is C48H30N4. The Bertz CT molecular complexity index is 2950. The summed E-state index contributed by atoms with van der Waals surface area (Å²) in [7, 11) is 0. The van der Waals surface area contributed by atoms with Crippen molar-refractivity contribution in [1.29, 1.82) is 0 Å². The number of hydrogen-bond donors (Lipinski definition) is 0. The topological polar surface area (TPSA) is 51.6 Å². The second-order valence-corrected chi connectivity index (χ2v) is 13.1. The molecule has 52 heavy (non-hydrogen) atoms. The second kappa shape index (κ2) is 12.4. The standard InChI is InChI=1S/C48H30N4/c1-2-10-31(11-3-1)33-18-21-35(22-19-33)46-50-47(37-23-20-32-12-4-5-14-36(32)28-37)52-48(51-46)42-17-9-8-16-39(42)44-29-43-38-15-7-6-13-34(38)24-25-40(43)45-30-49-27-26-41(44)45/h1-30H. The van der Waals surface area contributed by atoms with Gasteiger partial charge in [-0.25, -0.2) is 15.0 Å². The third-order valence-corrected chi connectivity index (χ3v) is 10.0. The molecular weight excluding hydrogens is 633 g/mol. The summed E-state index contributed by atoms with van der Waals surface area (Å²) in [4.78, 5) is 20.1. The Balaban J connectivity index is 1.20. The van der Waals surface area contributed by atoms with Crippen molar-refractivity contribution >= 4 is 43.1 Å². The first-order valence-electron chi connectivity index (χ1n) is 17.5. The van der Waals surface area contributed by atoms with Gasteiger partial charge in [0.05, 0.1) is 0 Å². The molecule has 242 valence electrons. The smallest absolute Gasteiger partial charge is 0.164 e. The lowest BCUT2D eigenvalue weighted by atomic mass is 9.90. The van der Waals surface area contributed by atoms with Crippen LogP contribution in [0.3, 0.4) is 0 Å². The van der Waals surface area contributed by atoms with E-state index < -0.39 is 0 Å². The Hall–Kier alpha value is -7.04. The summed E-state index contributed by atoms with van der Waals surface area (Å²) in [5, 5.41) is 9.35. The van der Waals surface area contributed by atoms with Gasteiger partial charge in [-0.15, -0.1) is 0 Å². The van der Waals surface area contributed by atoms with Crippen molar-refractivity contribution in [2.24, 2.45) is 0 Å². The van der Waals surface area contributed by atoms with Crippen LogP contribution in [0.1, 0.15) is 0 Å². The summed E-state index contributed by atoms with van der Waals surface area (Å²) >= 11 is 0. The zero-order valence-corrected chi connectivity index (χ0v) is 28.1. The monoisotopic (exact) mass is 662 g/mol. The molecule has 0 aliphatic carbocycles. The molecule has 0 radical (unpaired) electrons. The number of aromatic nitrogens is 4. The molecule has 0 amide bonds. The summed E-state index contributed by atoms with van der Waals surface area (Å²) in [5.74, 6) is 1.88. The van der Waals surface area contributed by atoms with Crippen LogP contribution in [0.4, 0.5) is 0 Å². The number of pyridine rings is 1. The molecule has 0 saturated carbocycles. The van der Waals surface area contributed by atoms with E-state index in [1.807, 2.05) is 18.5 Å². The molecule has 0 saturated heterocycles. The lowest BCUT2D eigenvalue weighted by Crippen LogP contribution is -2.01. The van der Waals surface area contributed by atoms with Gasteiger partial charge in [0.25, 0.3) is 0 Å². The van der Waals surface area contributed by atoms with Crippen LogP contribution in [0.5, 0.6) is 0 Å². The normalized spacial score (nSPS) is 11.5. The molecule has 2 aromatic heterocycles. The SMILES string of the molecule is c1ccc(-c2ccc(-c3nc(-c4ccc5ccccc5c4)nc(-c4ccccc4-c4cc5c6ccccc6ccc5c5cnccc45)n3)cc2)cc1. The van der Waals surface area contributed by atoms with Crippen LogP contribution in [0.25, 0.3) is 99.5 Å². The summed E-state index contributed by atoms with van der Waals surface area (Å²) < 4.78 is 0. The van der Waals surface area contributed by atoms with E-state index in [0.717, 1.165) is 49.5 Å². The summed E-state index contributed by atoms with van der Waals surface area (Å²) in [6.07, 6.45) is 3.86. The van der Waals surface area contributed by atoms with E-state index in [1.165, 1.54) is 32.5 Å². The number of rotatable bonds is 5. The lowest BCUT2D eigenvalue weighted by Gasteiger charge is -2.16. The highest BCUT2D eigenvalue weighted by atomic mass is 15.0. The van der Waals surface area contributed by atoms with Crippen molar-refractivity contribution in [3.8, 4) is 56.4 Å². The first-order chi connectivity index (χ1) is 25.8. The second-order valence-electron chi connectivity index (χ2n) is 13.1. The van der Waals surface area contributed by atoms with Crippen LogP contribution in [-0.2, 0) is 0 Å². The van der Waals surface area contributed by atoms with Gasteiger partial charge in [-0.2, -0.15) is 0 Å². The quantitative estimate of drug-likeness (QED) is 0.172. The maximum absolute atomic E-state index is 5.22. The molecule has 2 heterocycles. The van der Waals surface area contributed by atoms with Crippen molar-refractivity contribution < 1.29 is 0 Å². The summed E-state index contributed by atoms with van der Waals surface area (Å²) in [5.41, 5.74) is 7.28. The Morgan fingerprint density at radius 3 is 1.75 bits per heavy atom. The first kappa shape index (κ1) is 29.8. The average Bonchev–Trinajstić information content (AvgIpc) is 3.23. The van der Waals surface area contributed by atoms with Crippen LogP contribution < -0.4 is 0 Å². The Morgan fingerprint density at radius 1 is 0.288 bits per heavy atom. The molecule has 4 heteroatoms. The van der Waals surface area contributed by atoms with Crippen LogP contribution in [0.2, 0.25) is 0 Å². The number of benzene rings is 8. The molecule has 10 aromatic rings. The van der Waals surface area contributed by atoms with E-state index in [1.54, 1.807) is 0 Å². The maximum atomic E-state index is 5.22. The zero-order valence-electron chi connectivity index (χ0n) is 28.1. The molecule has 0 aliphatic heterocycles. The molecule has 0 N–H and O–H groups in total. The van der Waals surface area contributed by atoms with Crippen molar-refractivity contribution in [3.63, 3.8) is 0 Å². The highest BCUT2D eigenvalue weighted by Crippen LogP contribution is 2.41. The fourth-order valence-electron chi connectivity index (χ4n) is 7.41. The van der Waals surface area contributed by atoms with Crippen molar-refractivity contribution in [1.82, 2.24) is 19.9 Å². The minimum Gasteiger partial charge on any atom is -0.264 e. The van der Waals surface area contributed by atoms with E-state index in [2.05, 4.69) is 169 Å². The number of fused-ring (bicyclic) bond motifs is 6. The van der Waals surface area contributed by atoms with E-state index in [0.29, 0.717) is 17.5 Å². The predicted molar refractivity (Wildman–Crippen MR) is 215 cm³/mol. The molecule has 4 nitrogen and oxygen atoms in total. The van der Waals surface area contributed by atoms with E-state index in [4.69, 9.17) is 15.0 Å². The van der Waals surface area contributed by atoms with Crippen LogP contribution in [0.15, 0.2) is 182 Å². The largest absolute Gasteiger partial charge is 0.264 e. The van der Waals surface area contributed by atoms with Gasteiger partial charge < -0.3 is 0 Å². The highest BCUT2D eigenvalue weighted by molar-refractivity contribution is 6.21. The number of nitrogens with zero attached hydrogens (tertiary/aromatic N) is 4. The zero-order chi connectivity index (χ0) is 34.4. The Morgan fingerprint density at radius 2 is 0.904 bits per heavy atom. The highest BCUT2D eigenvalue weighted by Gasteiger charge is 2.19. The van der Waals surface area contributed by atoms with Crippen molar-refractivity contribution in [2.75, 3.05) is 0 Å². The minimum atomic E-state index is 0.621. The third kappa shape index (κ3) is 5.17. The van der Waals surface area contributed by atoms with E-state index in [-0.39, 0.29) is 0 Å². The maximum Gasteiger partial charge on any atom is 0.164 e. The van der Waals surface area contributed by atoms with E-state index in [9.17, 15) is 0 Å². The molecule has 0 atom stereocenters. The molecule has 0 spiro atoms. The van der Waals surface area contributed by atoms with Gasteiger partial charge in [0.1, 0.15) is 0 Å². The minimum absolute atomic E-state index is 0.621. The fourth-order valence-corrected chi connectivity index (χ4v) is 7.41. The van der Waals surface area contributed by atoms with Gasteiger partial charge in [0.2, 0.25) is 0 Å². The van der Waals surface area contributed by atoms with Gasteiger partial charge in [0.15, 0.2) is 17.5 Å². The van der Waals surface area contributed by atoms with Crippen LogP contribution >= 0.6 is 0 Å². The summed E-state index contributed by atoms with van der Waals surface area (Å²) in [6.45, 7) is 0.